The van der Waals surface area contributed by atoms with E-state index in [4.69, 9.17) is 23.2 Å². The Bertz CT molecular complexity index is 1140. The molecule has 172 valence electrons. The van der Waals surface area contributed by atoms with Gasteiger partial charge in [-0.15, -0.1) is 0 Å². The van der Waals surface area contributed by atoms with Crippen LogP contribution in [0.3, 0.4) is 0 Å². The minimum Gasteiger partial charge on any atom is -0.326 e. The van der Waals surface area contributed by atoms with Crippen molar-refractivity contribution in [2.45, 2.75) is 33.2 Å². The normalized spacial score (nSPS) is 22.6. The van der Waals surface area contributed by atoms with Gasteiger partial charge in [0.2, 0.25) is 17.7 Å². The smallest absolute Gasteiger partial charge is 0.248 e. The third-order valence-corrected chi connectivity index (χ3v) is 6.72. The molecule has 33 heavy (non-hydrogen) atoms. The Labute approximate surface area is 202 Å². The van der Waals surface area contributed by atoms with Gasteiger partial charge in [-0.3, -0.25) is 19.3 Å². The van der Waals surface area contributed by atoms with Crippen molar-refractivity contribution in [2.75, 3.05) is 15.5 Å². The number of rotatable bonds is 5. The Morgan fingerprint density at radius 2 is 1.79 bits per heavy atom. The van der Waals surface area contributed by atoms with Crippen molar-refractivity contribution in [1.82, 2.24) is 0 Å². The lowest BCUT2D eigenvalue weighted by Crippen LogP contribution is -2.53. The predicted molar refractivity (Wildman–Crippen MR) is 131 cm³/mol. The van der Waals surface area contributed by atoms with Gasteiger partial charge in [-0.25, -0.2) is 0 Å². The fourth-order valence-electron chi connectivity index (χ4n) is 4.52. The first-order valence-corrected chi connectivity index (χ1v) is 11.5. The van der Waals surface area contributed by atoms with Crippen molar-refractivity contribution in [3.05, 3.63) is 64.7 Å². The highest BCUT2D eigenvalue weighted by atomic mass is 35.5. The largest absolute Gasteiger partial charge is 0.326 e. The molecular weight excluding hydrogens is 461 g/mol. The van der Waals surface area contributed by atoms with Gasteiger partial charge >= 0.3 is 0 Å². The van der Waals surface area contributed by atoms with E-state index in [1.165, 1.54) is 4.90 Å². The van der Waals surface area contributed by atoms with Gasteiger partial charge in [0.1, 0.15) is 10.5 Å². The fraction of sp³-hybridized carbons (Fsp3) is 0.320. The van der Waals surface area contributed by atoms with Crippen LogP contribution in [0.5, 0.6) is 0 Å². The number of fused-ring (bicyclic) bond motifs is 1. The van der Waals surface area contributed by atoms with Crippen LogP contribution >= 0.6 is 23.2 Å². The summed E-state index contributed by atoms with van der Waals surface area (Å²) in [6.07, 6.45) is 1.49. The summed E-state index contributed by atoms with van der Waals surface area (Å²) in [5.41, 5.74) is 2.43. The first-order valence-electron chi connectivity index (χ1n) is 10.7. The SMILES string of the molecule is Cc1ccc(NC(=O)C[C@@H]2C(=O)Nc3ccccc3N2C(=O)[C@@H]2[C@H](C=C(Cl)Cl)C2(C)C)cc1. The van der Waals surface area contributed by atoms with Crippen molar-refractivity contribution in [3.63, 3.8) is 0 Å². The maximum atomic E-state index is 13.8. The van der Waals surface area contributed by atoms with Crippen molar-refractivity contribution in [2.24, 2.45) is 17.3 Å². The highest BCUT2D eigenvalue weighted by molar-refractivity contribution is 6.55. The number of carbonyl (C=O) groups excluding carboxylic acids is 3. The van der Waals surface area contributed by atoms with Crippen molar-refractivity contribution < 1.29 is 14.4 Å². The molecule has 4 rings (SSSR count). The first kappa shape index (κ1) is 23.3. The van der Waals surface area contributed by atoms with Gasteiger partial charge in [-0.2, -0.15) is 0 Å². The molecular formula is C25H25Cl2N3O3. The number of aryl methyl sites for hydroxylation is 1. The van der Waals surface area contributed by atoms with E-state index in [-0.39, 0.29) is 34.1 Å². The molecule has 0 saturated heterocycles. The second-order valence-electron chi connectivity index (χ2n) is 9.13. The second kappa shape index (κ2) is 8.84. The van der Waals surface area contributed by atoms with Crippen molar-refractivity contribution in [3.8, 4) is 0 Å². The summed E-state index contributed by atoms with van der Waals surface area (Å²) in [5.74, 6) is -1.56. The van der Waals surface area contributed by atoms with E-state index in [1.54, 1.807) is 42.5 Å². The number of para-hydroxylation sites is 2. The van der Waals surface area contributed by atoms with Crippen LogP contribution in [0.1, 0.15) is 25.8 Å². The number of nitrogens with zero attached hydrogens (tertiary/aromatic N) is 1. The van der Waals surface area contributed by atoms with Crippen LogP contribution in [0, 0.1) is 24.2 Å². The molecule has 0 unspecified atom stereocenters. The Kier molecular flexibility index (Phi) is 6.25. The van der Waals surface area contributed by atoms with E-state index in [9.17, 15) is 14.4 Å². The zero-order valence-electron chi connectivity index (χ0n) is 18.6. The molecule has 8 heteroatoms. The lowest BCUT2D eigenvalue weighted by Gasteiger charge is -2.36. The lowest BCUT2D eigenvalue weighted by molar-refractivity contribution is -0.127. The van der Waals surface area contributed by atoms with E-state index < -0.39 is 17.9 Å². The number of carbonyl (C=O) groups is 3. The summed E-state index contributed by atoms with van der Waals surface area (Å²) in [7, 11) is 0. The standard InChI is InChI=1S/C25H25Cl2N3O3/c1-14-8-10-15(11-9-14)28-21(31)13-19-23(32)29-17-6-4-5-7-18(17)30(19)24(33)22-16(12-20(26)27)25(22,2)3/h4-12,16,19,22H,13H2,1-3H3,(H,28,31)(H,29,32)/t16-,19+,22-/m0/s1. The molecule has 0 aromatic heterocycles. The molecule has 0 spiro atoms. The molecule has 0 bridgehead atoms. The minimum atomic E-state index is -0.981. The lowest BCUT2D eigenvalue weighted by atomic mass is 10.0. The molecule has 1 fully saturated rings. The van der Waals surface area contributed by atoms with Crippen LogP contribution in [0.2, 0.25) is 0 Å². The van der Waals surface area contributed by atoms with Crippen molar-refractivity contribution >= 4 is 58.0 Å². The highest BCUT2D eigenvalue weighted by Crippen LogP contribution is 2.61. The number of halogens is 2. The van der Waals surface area contributed by atoms with Crippen LogP contribution in [0.4, 0.5) is 17.1 Å². The summed E-state index contributed by atoms with van der Waals surface area (Å²) in [6, 6.07) is 13.5. The molecule has 6 nitrogen and oxygen atoms in total. The van der Waals surface area contributed by atoms with Gasteiger partial charge in [0.15, 0.2) is 0 Å². The van der Waals surface area contributed by atoms with Gasteiger partial charge in [0.25, 0.3) is 0 Å². The molecule has 1 aliphatic heterocycles. The monoisotopic (exact) mass is 485 g/mol. The molecule has 3 amide bonds. The quantitative estimate of drug-likeness (QED) is 0.605. The molecule has 2 aromatic rings. The van der Waals surface area contributed by atoms with Gasteiger partial charge in [0.05, 0.1) is 23.7 Å². The molecule has 2 aromatic carbocycles. The molecule has 1 saturated carbocycles. The third kappa shape index (κ3) is 4.63. The van der Waals surface area contributed by atoms with Crippen molar-refractivity contribution in [1.29, 1.82) is 0 Å². The number of nitrogens with one attached hydrogen (secondary N) is 2. The Morgan fingerprint density at radius 1 is 1.12 bits per heavy atom. The number of anilines is 3. The molecule has 2 aliphatic rings. The van der Waals surface area contributed by atoms with Crippen LogP contribution in [0.25, 0.3) is 0 Å². The number of hydrogen-bond donors (Lipinski definition) is 2. The number of hydrogen-bond acceptors (Lipinski definition) is 3. The summed E-state index contributed by atoms with van der Waals surface area (Å²) < 4.78 is 0.106. The van der Waals surface area contributed by atoms with E-state index in [2.05, 4.69) is 10.6 Å². The van der Waals surface area contributed by atoms with Crippen LogP contribution in [-0.2, 0) is 14.4 Å². The Balaban J connectivity index is 1.63. The topological polar surface area (TPSA) is 78.5 Å². The van der Waals surface area contributed by atoms with E-state index >= 15 is 0 Å². The summed E-state index contributed by atoms with van der Waals surface area (Å²) >= 11 is 11.7. The maximum Gasteiger partial charge on any atom is 0.248 e. The van der Waals surface area contributed by atoms with Gasteiger partial charge in [-0.05, 0) is 48.6 Å². The number of benzene rings is 2. The van der Waals surface area contributed by atoms with Gasteiger partial charge in [0, 0.05) is 5.69 Å². The zero-order valence-corrected chi connectivity index (χ0v) is 20.1. The number of allylic oxidation sites excluding steroid dienone is 1. The molecule has 3 atom stereocenters. The predicted octanol–water partition coefficient (Wildman–Crippen LogP) is 5.27. The second-order valence-corrected chi connectivity index (χ2v) is 10.1. The molecule has 1 heterocycles. The Morgan fingerprint density at radius 3 is 2.45 bits per heavy atom. The van der Waals surface area contributed by atoms with E-state index in [1.807, 2.05) is 32.9 Å². The van der Waals surface area contributed by atoms with Crippen LogP contribution < -0.4 is 15.5 Å². The first-order chi connectivity index (χ1) is 15.6. The summed E-state index contributed by atoms with van der Waals surface area (Å²) in [5, 5.41) is 5.64. The Hall–Kier alpha value is -2.83. The van der Waals surface area contributed by atoms with E-state index in [0.29, 0.717) is 17.1 Å². The fourth-order valence-corrected chi connectivity index (χ4v) is 4.79. The zero-order chi connectivity index (χ0) is 23.9. The summed E-state index contributed by atoms with van der Waals surface area (Å²) in [4.78, 5) is 41.1. The highest BCUT2D eigenvalue weighted by Gasteiger charge is 2.62. The average Bonchev–Trinajstić information content (AvgIpc) is 3.28. The van der Waals surface area contributed by atoms with Crippen LogP contribution in [-0.4, -0.2) is 23.8 Å². The maximum absolute atomic E-state index is 13.8. The third-order valence-electron chi connectivity index (χ3n) is 6.47. The molecule has 2 N–H and O–H groups in total. The van der Waals surface area contributed by atoms with E-state index in [0.717, 1.165) is 5.56 Å². The minimum absolute atomic E-state index is 0.106. The average molecular weight is 486 g/mol. The summed E-state index contributed by atoms with van der Waals surface area (Å²) in [6.45, 7) is 5.88. The molecule has 1 aliphatic carbocycles. The molecule has 0 radical (unpaired) electrons. The van der Waals surface area contributed by atoms with Gasteiger partial charge in [-0.1, -0.05) is 66.9 Å². The number of amides is 3. The van der Waals surface area contributed by atoms with Gasteiger partial charge < -0.3 is 10.6 Å². The van der Waals surface area contributed by atoms with Crippen LogP contribution in [0.15, 0.2) is 59.1 Å².